The quantitative estimate of drug-likeness (QED) is 0.302. The molecule has 150 valence electrons. The molecule has 0 saturated carbocycles. The summed E-state index contributed by atoms with van der Waals surface area (Å²) < 4.78 is 2.07. The zero-order valence-electron chi connectivity index (χ0n) is 16.1. The largest absolute Gasteiger partial charge is 0.294 e. The van der Waals surface area contributed by atoms with Gasteiger partial charge in [0.1, 0.15) is 0 Å². The van der Waals surface area contributed by atoms with Crippen LogP contribution in [0.5, 0.6) is 0 Å². The molecule has 0 atom stereocenters. The van der Waals surface area contributed by atoms with Gasteiger partial charge in [0.25, 0.3) is 0 Å². The highest BCUT2D eigenvalue weighted by molar-refractivity contribution is 9.11. The third-order valence-electron chi connectivity index (χ3n) is 5.14. The molecule has 0 saturated heterocycles. The summed E-state index contributed by atoms with van der Waals surface area (Å²) in [5, 5.41) is 2.06. The fourth-order valence-corrected chi connectivity index (χ4v) is 5.64. The standard InChI is InChI=1S/C23H18Br2N4S/c24-18-8-16(9-19(25)10-18)20-4-3-15(11-26-20)13-29-6-5-21-17(14-29)12-27-23(28-21)22-2-1-7-30-22/h1-4,7-12H,5-6,13-14H2. The maximum atomic E-state index is 4.81. The van der Waals surface area contributed by atoms with E-state index in [1.807, 2.05) is 24.5 Å². The van der Waals surface area contributed by atoms with E-state index < -0.39 is 0 Å². The van der Waals surface area contributed by atoms with Gasteiger partial charge in [-0.15, -0.1) is 11.3 Å². The maximum absolute atomic E-state index is 4.81. The summed E-state index contributed by atoms with van der Waals surface area (Å²) in [4.78, 5) is 17.6. The molecule has 3 aromatic heterocycles. The zero-order chi connectivity index (χ0) is 20.5. The van der Waals surface area contributed by atoms with Crippen LogP contribution in [0.3, 0.4) is 0 Å². The Morgan fingerprint density at radius 2 is 1.87 bits per heavy atom. The Morgan fingerprint density at radius 3 is 2.60 bits per heavy atom. The first-order chi connectivity index (χ1) is 14.6. The van der Waals surface area contributed by atoms with E-state index in [2.05, 4.69) is 82.4 Å². The number of thiophene rings is 1. The van der Waals surface area contributed by atoms with Crippen LogP contribution in [0.4, 0.5) is 0 Å². The first-order valence-corrected chi connectivity index (χ1v) is 12.1. The molecule has 0 N–H and O–H groups in total. The monoisotopic (exact) mass is 540 g/mol. The Morgan fingerprint density at radius 1 is 1.00 bits per heavy atom. The summed E-state index contributed by atoms with van der Waals surface area (Å²) in [6.07, 6.45) is 4.93. The summed E-state index contributed by atoms with van der Waals surface area (Å²) >= 11 is 8.77. The second kappa shape index (κ2) is 8.67. The van der Waals surface area contributed by atoms with Gasteiger partial charge in [-0.2, -0.15) is 0 Å². The van der Waals surface area contributed by atoms with Crippen LogP contribution in [0.2, 0.25) is 0 Å². The fraction of sp³-hybridized carbons (Fsp3) is 0.174. The lowest BCUT2D eigenvalue weighted by Gasteiger charge is -2.28. The van der Waals surface area contributed by atoms with Crippen molar-refractivity contribution in [3.63, 3.8) is 0 Å². The zero-order valence-corrected chi connectivity index (χ0v) is 20.0. The maximum Gasteiger partial charge on any atom is 0.169 e. The molecular weight excluding hydrogens is 524 g/mol. The predicted molar refractivity (Wildman–Crippen MR) is 128 cm³/mol. The van der Waals surface area contributed by atoms with Crippen molar-refractivity contribution in [2.75, 3.05) is 6.54 Å². The van der Waals surface area contributed by atoms with Gasteiger partial charge in [0.2, 0.25) is 0 Å². The van der Waals surface area contributed by atoms with Crippen molar-refractivity contribution >= 4 is 43.2 Å². The van der Waals surface area contributed by atoms with Crippen LogP contribution in [0.1, 0.15) is 16.8 Å². The number of nitrogens with zero attached hydrogens (tertiary/aromatic N) is 4. The molecule has 1 aliphatic rings. The second-order valence-electron chi connectivity index (χ2n) is 7.31. The number of hydrogen-bond acceptors (Lipinski definition) is 5. The summed E-state index contributed by atoms with van der Waals surface area (Å²) in [6, 6.07) is 14.6. The summed E-state index contributed by atoms with van der Waals surface area (Å²) in [6.45, 7) is 2.75. The average Bonchev–Trinajstić information content (AvgIpc) is 3.28. The van der Waals surface area contributed by atoms with E-state index in [1.54, 1.807) is 11.3 Å². The van der Waals surface area contributed by atoms with Crippen molar-refractivity contribution in [2.45, 2.75) is 19.5 Å². The molecule has 5 rings (SSSR count). The first kappa shape index (κ1) is 20.0. The molecule has 30 heavy (non-hydrogen) atoms. The van der Waals surface area contributed by atoms with Crippen molar-refractivity contribution < 1.29 is 0 Å². The molecule has 7 heteroatoms. The van der Waals surface area contributed by atoms with Crippen LogP contribution in [-0.4, -0.2) is 26.4 Å². The van der Waals surface area contributed by atoms with Crippen molar-refractivity contribution in [2.24, 2.45) is 0 Å². The molecule has 0 fully saturated rings. The van der Waals surface area contributed by atoms with Gasteiger partial charge < -0.3 is 0 Å². The number of halogens is 2. The number of rotatable bonds is 4. The fourth-order valence-electron chi connectivity index (χ4n) is 3.68. The second-order valence-corrected chi connectivity index (χ2v) is 10.1. The topological polar surface area (TPSA) is 41.9 Å². The Kier molecular flexibility index (Phi) is 5.78. The van der Waals surface area contributed by atoms with Crippen LogP contribution >= 0.6 is 43.2 Å². The van der Waals surface area contributed by atoms with Gasteiger partial charge in [0, 0.05) is 58.5 Å². The van der Waals surface area contributed by atoms with Gasteiger partial charge in [0.05, 0.1) is 16.3 Å². The smallest absolute Gasteiger partial charge is 0.169 e. The number of fused-ring (bicyclic) bond motifs is 1. The molecule has 0 spiro atoms. The summed E-state index contributed by atoms with van der Waals surface area (Å²) in [5.74, 6) is 0.844. The third-order valence-corrected chi connectivity index (χ3v) is 6.93. The normalized spacial score (nSPS) is 13.9. The van der Waals surface area contributed by atoms with E-state index >= 15 is 0 Å². The molecular formula is C23H18Br2N4S. The van der Waals surface area contributed by atoms with Crippen LogP contribution < -0.4 is 0 Å². The van der Waals surface area contributed by atoms with E-state index in [0.717, 1.165) is 57.0 Å². The van der Waals surface area contributed by atoms with E-state index in [1.165, 1.54) is 16.8 Å². The van der Waals surface area contributed by atoms with Crippen LogP contribution in [-0.2, 0) is 19.5 Å². The Hall–Kier alpha value is -1.93. The number of pyridine rings is 1. The van der Waals surface area contributed by atoms with Gasteiger partial charge in [-0.25, -0.2) is 9.97 Å². The average molecular weight is 542 g/mol. The molecule has 4 heterocycles. The first-order valence-electron chi connectivity index (χ1n) is 9.66. The molecule has 4 aromatic rings. The van der Waals surface area contributed by atoms with Gasteiger partial charge >= 0.3 is 0 Å². The molecule has 0 bridgehead atoms. The Bertz CT molecular complexity index is 1160. The summed E-state index contributed by atoms with van der Waals surface area (Å²) in [5.41, 5.74) is 5.68. The molecule has 4 nitrogen and oxygen atoms in total. The van der Waals surface area contributed by atoms with E-state index in [9.17, 15) is 0 Å². The summed E-state index contributed by atoms with van der Waals surface area (Å²) in [7, 11) is 0. The lowest BCUT2D eigenvalue weighted by Crippen LogP contribution is -2.31. The van der Waals surface area contributed by atoms with Gasteiger partial charge in [-0.05, 0) is 41.3 Å². The SMILES string of the molecule is Brc1cc(Br)cc(-c2ccc(CN3CCc4nc(-c5cccs5)ncc4C3)cn2)c1. The van der Waals surface area contributed by atoms with Crippen LogP contribution in [0.25, 0.3) is 22.0 Å². The lowest BCUT2D eigenvalue weighted by molar-refractivity contribution is 0.242. The number of aromatic nitrogens is 3. The minimum absolute atomic E-state index is 0.844. The van der Waals surface area contributed by atoms with Gasteiger partial charge in [0.15, 0.2) is 5.82 Å². The van der Waals surface area contributed by atoms with Crippen LogP contribution in [0, 0.1) is 0 Å². The Balaban J connectivity index is 1.28. The molecule has 0 unspecified atom stereocenters. The highest BCUT2D eigenvalue weighted by Crippen LogP contribution is 2.27. The molecule has 0 radical (unpaired) electrons. The van der Waals surface area contributed by atoms with Gasteiger partial charge in [-0.3, -0.25) is 9.88 Å². The van der Waals surface area contributed by atoms with E-state index in [4.69, 9.17) is 4.98 Å². The van der Waals surface area contributed by atoms with Gasteiger partial charge in [-0.1, -0.05) is 44.0 Å². The highest BCUT2D eigenvalue weighted by atomic mass is 79.9. The Labute approximate surface area is 196 Å². The van der Waals surface area contributed by atoms with Crippen molar-refractivity contribution in [1.82, 2.24) is 19.9 Å². The minimum atomic E-state index is 0.844. The molecule has 0 aliphatic carbocycles. The number of hydrogen-bond donors (Lipinski definition) is 0. The minimum Gasteiger partial charge on any atom is -0.294 e. The van der Waals surface area contributed by atoms with Crippen molar-refractivity contribution in [3.05, 3.63) is 86.0 Å². The third kappa shape index (κ3) is 4.39. The van der Waals surface area contributed by atoms with E-state index in [0.29, 0.717) is 0 Å². The number of benzene rings is 1. The predicted octanol–water partition coefficient (Wildman–Crippen LogP) is 6.35. The van der Waals surface area contributed by atoms with Crippen molar-refractivity contribution in [1.29, 1.82) is 0 Å². The van der Waals surface area contributed by atoms with Crippen LogP contribution in [0.15, 0.2) is 69.2 Å². The molecule has 1 aliphatic heterocycles. The van der Waals surface area contributed by atoms with E-state index in [-0.39, 0.29) is 0 Å². The molecule has 0 amide bonds. The highest BCUT2D eigenvalue weighted by Gasteiger charge is 2.19. The molecule has 1 aromatic carbocycles. The van der Waals surface area contributed by atoms with Crippen molar-refractivity contribution in [3.8, 4) is 22.0 Å². The lowest BCUT2D eigenvalue weighted by atomic mass is 10.1.